The van der Waals surface area contributed by atoms with E-state index in [1.165, 1.54) is 38.5 Å². The zero-order valence-corrected chi connectivity index (χ0v) is 22.8. The first-order valence-corrected chi connectivity index (χ1v) is 14.0. The van der Waals surface area contributed by atoms with E-state index in [-0.39, 0.29) is 11.9 Å². The molecule has 0 heterocycles. The molecule has 0 aliphatic heterocycles. The van der Waals surface area contributed by atoms with Crippen LogP contribution < -0.4 is 4.74 Å². The molecule has 0 aliphatic rings. The molecule has 0 radical (unpaired) electrons. The first-order chi connectivity index (χ1) is 18.0. The van der Waals surface area contributed by atoms with E-state index in [9.17, 15) is 9.59 Å². The molecule has 0 amide bonds. The van der Waals surface area contributed by atoms with E-state index >= 15 is 0 Å². The van der Waals surface area contributed by atoms with Gasteiger partial charge in [-0.25, -0.2) is 4.79 Å². The van der Waals surface area contributed by atoms with Gasteiger partial charge in [-0.3, -0.25) is 4.79 Å². The number of rotatable bonds is 15. The summed E-state index contributed by atoms with van der Waals surface area (Å²) in [6.07, 6.45) is 11.0. The predicted molar refractivity (Wildman–Crippen MR) is 152 cm³/mol. The van der Waals surface area contributed by atoms with Gasteiger partial charge in [-0.15, -0.1) is 0 Å². The minimum absolute atomic E-state index is 0.164. The molecule has 0 aromatic heterocycles. The molecule has 0 bridgehead atoms. The maximum absolute atomic E-state index is 12.3. The highest BCUT2D eigenvalue weighted by Gasteiger charge is 2.10. The van der Waals surface area contributed by atoms with Gasteiger partial charge in [0.15, 0.2) is 0 Å². The maximum Gasteiger partial charge on any atom is 0.338 e. The van der Waals surface area contributed by atoms with Crippen molar-refractivity contribution in [1.82, 2.24) is 0 Å². The maximum atomic E-state index is 12.3. The fourth-order valence-electron chi connectivity index (χ4n) is 4.32. The molecule has 3 aromatic carbocycles. The van der Waals surface area contributed by atoms with Crippen molar-refractivity contribution in [1.29, 1.82) is 0 Å². The molecule has 0 unspecified atom stereocenters. The molecule has 198 valence electrons. The van der Waals surface area contributed by atoms with E-state index in [1.807, 2.05) is 54.6 Å². The van der Waals surface area contributed by atoms with Gasteiger partial charge in [0.25, 0.3) is 0 Å². The lowest BCUT2D eigenvalue weighted by molar-refractivity contribution is -0.134. The number of carbonyl (C=O) groups is 2. The van der Waals surface area contributed by atoms with Gasteiger partial charge in [0.1, 0.15) is 5.75 Å². The topological polar surface area (TPSA) is 52.6 Å². The Morgan fingerprint density at radius 1 is 0.730 bits per heavy atom. The van der Waals surface area contributed by atoms with Crippen LogP contribution in [0.25, 0.3) is 21.9 Å². The second kappa shape index (κ2) is 15.2. The molecular formula is C33H42O4. The number of benzene rings is 3. The molecule has 0 atom stereocenters. The van der Waals surface area contributed by atoms with Gasteiger partial charge < -0.3 is 9.47 Å². The Bertz CT molecular complexity index is 1130. The summed E-state index contributed by atoms with van der Waals surface area (Å²) in [7, 11) is 0. The molecule has 0 aliphatic carbocycles. The molecule has 4 nitrogen and oxygen atoms in total. The fraction of sp³-hybridized carbons (Fsp3) is 0.455. The number of esters is 2. The van der Waals surface area contributed by atoms with Crippen LogP contribution >= 0.6 is 0 Å². The third kappa shape index (κ3) is 9.68. The zero-order chi connectivity index (χ0) is 26.5. The van der Waals surface area contributed by atoms with Crippen LogP contribution in [0.3, 0.4) is 0 Å². The Kier molecular flexibility index (Phi) is 11.7. The van der Waals surface area contributed by atoms with E-state index < -0.39 is 0 Å². The van der Waals surface area contributed by atoms with E-state index in [0.29, 0.717) is 30.3 Å². The monoisotopic (exact) mass is 502 g/mol. The van der Waals surface area contributed by atoms with Crippen molar-refractivity contribution in [2.24, 2.45) is 5.92 Å². The van der Waals surface area contributed by atoms with Gasteiger partial charge in [-0.05, 0) is 71.0 Å². The zero-order valence-electron chi connectivity index (χ0n) is 22.8. The standard InChI is InChI=1S/C33H42O4/c1-4-5-6-7-8-9-10-11-12-32(34)37-31-19-17-26(18-20-31)27-13-14-29-24-30(16-15-28(29)23-27)33(35)36-22-21-25(2)3/h13-20,23-25H,4-12,21-22H2,1-3H3. The lowest BCUT2D eigenvalue weighted by Crippen LogP contribution is -2.08. The van der Waals surface area contributed by atoms with Crippen molar-refractivity contribution in [2.75, 3.05) is 6.61 Å². The molecule has 37 heavy (non-hydrogen) atoms. The number of hydrogen-bond donors (Lipinski definition) is 0. The molecule has 3 rings (SSSR count). The summed E-state index contributed by atoms with van der Waals surface area (Å²) in [6.45, 7) is 6.90. The van der Waals surface area contributed by atoms with Crippen LogP contribution in [0, 0.1) is 5.92 Å². The fourth-order valence-corrected chi connectivity index (χ4v) is 4.32. The van der Waals surface area contributed by atoms with Gasteiger partial charge >= 0.3 is 11.9 Å². The Morgan fingerprint density at radius 3 is 2.05 bits per heavy atom. The van der Waals surface area contributed by atoms with Gasteiger partial charge in [0.05, 0.1) is 12.2 Å². The Labute approximate surface area is 222 Å². The van der Waals surface area contributed by atoms with E-state index in [4.69, 9.17) is 9.47 Å². The van der Waals surface area contributed by atoms with Gasteiger partial charge in [-0.1, -0.05) is 96.0 Å². The van der Waals surface area contributed by atoms with E-state index in [0.717, 1.165) is 41.2 Å². The van der Waals surface area contributed by atoms with Crippen LogP contribution in [-0.4, -0.2) is 18.5 Å². The Morgan fingerprint density at radius 2 is 1.35 bits per heavy atom. The third-order valence-electron chi connectivity index (χ3n) is 6.66. The van der Waals surface area contributed by atoms with Crippen molar-refractivity contribution < 1.29 is 19.1 Å². The second-order valence-corrected chi connectivity index (χ2v) is 10.3. The van der Waals surface area contributed by atoms with Crippen molar-refractivity contribution in [3.8, 4) is 16.9 Å². The van der Waals surface area contributed by atoms with E-state index in [1.54, 1.807) is 0 Å². The van der Waals surface area contributed by atoms with Gasteiger partial charge in [0, 0.05) is 6.42 Å². The lowest BCUT2D eigenvalue weighted by Gasteiger charge is -2.09. The summed E-state index contributed by atoms with van der Waals surface area (Å²) in [5.74, 6) is 0.639. The quantitative estimate of drug-likeness (QED) is 0.118. The van der Waals surface area contributed by atoms with Gasteiger partial charge in [-0.2, -0.15) is 0 Å². The molecule has 0 saturated heterocycles. The predicted octanol–water partition coefficient (Wildman–Crippen LogP) is 9.15. The summed E-state index contributed by atoms with van der Waals surface area (Å²) in [4.78, 5) is 24.5. The normalized spacial score (nSPS) is 11.1. The van der Waals surface area contributed by atoms with Crippen molar-refractivity contribution >= 4 is 22.7 Å². The second-order valence-electron chi connectivity index (χ2n) is 10.3. The molecule has 3 aromatic rings. The molecule has 4 heteroatoms. The minimum Gasteiger partial charge on any atom is -0.462 e. The van der Waals surface area contributed by atoms with Crippen LogP contribution in [0.2, 0.25) is 0 Å². The molecule has 0 fully saturated rings. The third-order valence-corrected chi connectivity index (χ3v) is 6.66. The average Bonchev–Trinajstić information content (AvgIpc) is 2.89. The van der Waals surface area contributed by atoms with Crippen molar-refractivity contribution in [2.45, 2.75) is 85.0 Å². The minimum atomic E-state index is -0.279. The summed E-state index contributed by atoms with van der Waals surface area (Å²) in [6, 6.07) is 19.5. The van der Waals surface area contributed by atoms with Crippen LogP contribution in [0.1, 0.15) is 95.3 Å². The summed E-state index contributed by atoms with van der Waals surface area (Å²) in [5.41, 5.74) is 2.68. The van der Waals surface area contributed by atoms with E-state index in [2.05, 4.69) is 26.8 Å². The van der Waals surface area contributed by atoms with Crippen LogP contribution in [-0.2, 0) is 9.53 Å². The first kappa shape index (κ1) is 28.4. The van der Waals surface area contributed by atoms with Crippen molar-refractivity contribution in [3.63, 3.8) is 0 Å². The lowest BCUT2D eigenvalue weighted by atomic mass is 10.00. The summed E-state index contributed by atoms with van der Waals surface area (Å²) in [5, 5.41) is 2.05. The van der Waals surface area contributed by atoms with Crippen LogP contribution in [0.5, 0.6) is 5.75 Å². The summed E-state index contributed by atoms with van der Waals surface area (Å²) >= 11 is 0. The highest BCUT2D eigenvalue weighted by molar-refractivity contribution is 5.96. The SMILES string of the molecule is CCCCCCCCCCC(=O)Oc1ccc(-c2ccc3cc(C(=O)OCCC(C)C)ccc3c2)cc1. The molecule has 0 N–H and O–H groups in total. The number of ether oxygens (including phenoxy) is 2. The number of hydrogen-bond acceptors (Lipinski definition) is 4. The molecule has 0 spiro atoms. The number of unbranched alkanes of at least 4 members (excludes halogenated alkanes) is 7. The smallest absolute Gasteiger partial charge is 0.338 e. The van der Waals surface area contributed by atoms with Crippen LogP contribution in [0.15, 0.2) is 60.7 Å². The highest BCUT2D eigenvalue weighted by Crippen LogP contribution is 2.27. The highest BCUT2D eigenvalue weighted by atomic mass is 16.5. The largest absolute Gasteiger partial charge is 0.462 e. The van der Waals surface area contributed by atoms with Crippen LogP contribution in [0.4, 0.5) is 0 Å². The Hall–Kier alpha value is -3.14. The summed E-state index contributed by atoms with van der Waals surface area (Å²) < 4.78 is 10.9. The first-order valence-electron chi connectivity index (χ1n) is 14.0. The molecule has 0 saturated carbocycles. The number of carbonyl (C=O) groups excluding carboxylic acids is 2. The number of fused-ring (bicyclic) bond motifs is 1. The van der Waals surface area contributed by atoms with Crippen molar-refractivity contribution in [3.05, 3.63) is 66.2 Å². The average molecular weight is 503 g/mol. The Balaban J connectivity index is 1.49. The van der Waals surface area contributed by atoms with Gasteiger partial charge in [0.2, 0.25) is 0 Å². The molecular weight excluding hydrogens is 460 g/mol.